The summed E-state index contributed by atoms with van der Waals surface area (Å²) in [5.41, 5.74) is 2.52. The number of nitrogens with zero attached hydrogens (tertiary/aromatic N) is 2. The highest BCUT2D eigenvalue weighted by atomic mass is 15.3. The Bertz CT molecular complexity index is 335. The molecule has 1 fully saturated rings. The molecule has 0 spiro atoms. The smallest absolute Gasteiger partial charge is 0.145 e. The van der Waals surface area contributed by atoms with E-state index in [4.69, 9.17) is 5.84 Å². The van der Waals surface area contributed by atoms with E-state index in [9.17, 15) is 0 Å². The summed E-state index contributed by atoms with van der Waals surface area (Å²) in [6.07, 6.45) is 6.87. The molecule has 0 bridgehead atoms. The Hall–Kier alpha value is -1.36. The minimum atomic E-state index is 0.461. The van der Waals surface area contributed by atoms with Gasteiger partial charge in [0, 0.05) is 12.1 Å². The highest BCUT2D eigenvalue weighted by Crippen LogP contribution is 2.28. The van der Waals surface area contributed by atoms with Gasteiger partial charge in [-0.25, -0.2) is 15.8 Å². The molecule has 1 heterocycles. The lowest BCUT2D eigenvalue weighted by Crippen LogP contribution is -2.24. The lowest BCUT2D eigenvalue weighted by Gasteiger charge is -2.20. The van der Waals surface area contributed by atoms with Crippen LogP contribution in [0.15, 0.2) is 12.4 Å². The van der Waals surface area contributed by atoms with Crippen LogP contribution in [0.5, 0.6) is 0 Å². The maximum Gasteiger partial charge on any atom is 0.145 e. The molecule has 2 rings (SSSR count). The largest absolute Gasteiger partial charge is 0.367 e. The van der Waals surface area contributed by atoms with Crippen LogP contribution in [-0.4, -0.2) is 16.0 Å². The average Bonchev–Trinajstić information content (AvgIpc) is 2.83. The van der Waals surface area contributed by atoms with Crippen molar-refractivity contribution in [3.8, 4) is 0 Å². The van der Waals surface area contributed by atoms with Gasteiger partial charge in [0.15, 0.2) is 0 Å². The van der Waals surface area contributed by atoms with E-state index < -0.39 is 0 Å². The molecule has 0 aliphatic heterocycles. The standard InChI is InChI=1S/C11H19N5/c1-8(9-4-2-3-5-9)15-10-6-11(16-12)14-7-13-10/h6-9H,2-5,12H2,1H3,(H2,13,14,15,16). The van der Waals surface area contributed by atoms with Gasteiger partial charge in [-0.3, -0.25) is 0 Å². The van der Waals surface area contributed by atoms with Crippen LogP contribution in [0, 0.1) is 5.92 Å². The zero-order chi connectivity index (χ0) is 11.4. The number of hydrazine groups is 1. The second kappa shape index (κ2) is 5.12. The molecule has 88 valence electrons. The first-order valence-electron chi connectivity index (χ1n) is 5.85. The quantitative estimate of drug-likeness (QED) is 0.533. The number of rotatable bonds is 4. The van der Waals surface area contributed by atoms with E-state index in [1.165, 1.54) is 32.0 Å². The SMILES string of the molecule is CC(Nc1cc(NN)ncn1)C1CCCC1. The molecule has 1 aromatic rings. The number of nitrogens with two attached hydrogens (primary N) is 1. The highest BCUT2D eigenvalue weighted by molar-refractivity contribution is 5.46. The molecule has 0 radical (unpaired) electrons. The Balaban J connectivity index is 1.96. The van der Waals surface area contributed by atoms with Gasteiger partial charge in [-0.2, -0.15) is 0 Å². The molecule has 1 saturated carbocycles. The molecular formula is C11H19N5. The summed E-state index contributed by atoms with van der Waals surface area (Å²) in [5.74, 6) is 7.54. The van der Waals surface area contributed by atoms with E-state index in [0.717, 1.165) is 11.7 Å². The van der Waals surface area contributed by atoms with Crippen molar-refractivity contribution in [1.82, 2.24) is 9.97 Å². The summed E-state index contributed by atoms with van der Waals surface area (Å²) < 4.78 is 0. The van der Waals surface area contributed by atoms with Gasteiger partial charge in [-0.05, 0) is 25.7 Å². The minimum Gasteiger partial charge on any atom is -0.367 e. The second-order valence-corrected chi connectivity index (χ2v) is 4.41. The lowest BCUT2D eigenvalue weighted by molar-refractivity contribution is 0.481. The number of aromatic nitrogens is 2. The van der Waals surface area contributed by atoms with Crippen LogP contribution in [0.3, 0.4) is 0 Å². The van der Waals surface area contributed by atoms with E-state index in [2.05, 4.69) is 27.6 Å². The molecule has 5 nitrogen and oxygen atoms in total. The van der Waals surface area contributed by atoms with Crippen LogP contribution < -0.4 is 16.6 Å². The third kappa shape index (κ3) is 2.61. The molecule has 1 aliphatic carbocycles. The predicted molar refractivity (Wildman–Crippen MR) is 64.9 cm³/mol. The van der Waals surface area contributed by atoms with Crippen LogP contribution in [0.25, 0.3) is 0 Å². The minimum absolute atomic E-state index is 0.461. The molecular weight excluding hydrogens is 202 g/mol. The van der Waals surface area contributed by atoms with Gasteiger partial charge in [-0.15, -0.1) is 0 Å². The summed E-state index contributed by atoms with van der Waals surface area (Å²) >= 11 is 0. The monoisotopic (exact) mass is 221 g/mol. The lowest BCUT2D eigenvalue weighted by atomic mass is 10.00. The molecule has 4 N–H and O–H groups in total. The van der Waals surface area contributed by atoms with Crippen molar-refractivity contribution in [2.75, 3.05) is 10.7 Å². The summed E-state index contributed by atoms with van der Waals surface area (Å²) in [4.78, 5) is 8.16. The Morgan fingerprint density at radius 2 is 2.00 bits per heavy atom. The first-order valence-corrected chi connectivity index (χ1v) is 5.85. The molecule has 0 saturated heterocycles. The van der Waals surface area contributed by atoms with Crippen molar-refractivity contribution < 1.29 is 0 Å². The van der Waals surface area contributed by atoms with Crippen LogP contribution in [0.4, 0.5) is 11.6 Å². The predicted octanol–water partition coefficient (Wildman–Crippen LogP) is 1.75. The Labute approximate surface area is 95.8 Å². The fourth-order valence-electron chi connectivity index (χ4n) is 2.32. The molecule has 1 aromatic heterocycles. The fourth-order valence-corrected chi connectivity index (χ4v) is 2.32. The summed E-state index contributed by atoms with van der Waals surface area (Å²) in [6, 6.07) is 2.29. The van der Waals surface area contributed by atoms with E-state index in [1.54, 1.807) is 0 Å². The first kappa shape index (κ1) is 11.1. The maximum atomic E-state index is 5.30. The molecule has 0 aromatic carbocycles. The molecule has 1 atom stereocenters. The third-order valence-corrected chi connectivity index (χ3v) is 3.30. The highest BCUT2D eigenvalue weighted by Gasteiger charge is 2.21. The van der Waals surface area contributed by atoms with Crippen molar-refractivity contribution in [2.24, 2.45) is 11.8 Å². The number of anilines is 2. The summed E-state index contributed by atoms with van der Waals surface area (Å²) in [5, 5.41) is 3.41. The van der Waals surface area contributed by atoms with Crippen molar-refractivity contribution >= 4 is 11.6 Å². The topological polar surface area (TPSA) is 75.9 Å². The van der Waals surface area contributed by atoms with Crippen molar-refractivity contribution in [1.29, 1.82) is 0 Å². The number of hydrogen-bond acceptors (Lipinski definition) is 5. The van der Waals surface area contributed by atoms with Crippen LogP contribution in [0.1, 0.15) is 32.6 Å². The van der Waals surface area contributed by atoms with Gasteiger partial charge in [-0.1, -0.05) is 12.8 Å². The van der Waals surface area contributed by atoms with E-state index in [0.29, 0.717) is 11.9 Å². The zero-order valence-electron chi connectivity index (χ0n) is 9.61. The Morgan fingerprint density at radius 3 is 2.69 bits per heavy atom. The number of nitrogens with one attached hydrogen (secondary N) is 2. The number of nitrogen functional groups attached to an aromatic ring is 1. The molecule has 1 unspecified atom stereocenters. The van der Waals surface area contributed by atoms with E-state index >= 15 is 0 Å². The molecule has 1 aliphatic rings. The maximum absolute atomic E-state index is 5.30. The van der Waals surface area contributed by atoms with Gasteiger partial charge in [0.05, 0.1) is 0 Å². The Kier molecular flexibility index (Phi) is 3.56. The molecule has 0 amide bonds. The van der Waals surface area contributed by atoms with Crippen LogP contribution in [-0.2, 0) is 0 Å². The molecule has 16 heavy (non-hydrogen) atoms. The van der Waals surface area contributed by atoms with E-state index in [1.807, 2.05) is 6.07 Å². The first-order chi connectivity index (χ1) is 7.79. The summed E-state index contributed by atoms with van der Waals surface area (Å²) in [7, 11) is 0. The van der Waals surface area contributed by atoms with Gasteiger partial charge in [0.2, 0.25) is 0 Å². The van der Waals surface area contributed by atoms with Gasteiger partial charge in [0.25, 0.3) is 0 Å². The van der Waals surface area contributed by atoms with Gasteiger partial charge in [0.1, 0.15) is 18.0 Å². The fraction of sp³-hybridized carbons (Fsp3) is 0.636. The van der Waals surface area contributed by atoms with Gasteiger partial charge < -0.3 is 10.7 Å². The van der Waals surface area contributed by atoms with Crippen LogP contribution in [0.2, 0.25) is 0 Å². The summed E-state index contributed by atoms with van der Waals surface area (Å²) in [6.45, 7) is 2.22. The number of hydrogen-bond donors (Lipinski definition) is 3. The van der Waals surface area contributed by atoms with Gasteiger partial charge >= 0.3 is 0 Å². The van der Waals surface area contributed by atoms with Crippen molar-refractivity contribution in [2.45, 2.75) is 38.6 Å². The second-order valence-electron chi connectivity index (χ2n) is 4.41. The average molecular weight is 221 g/mol. The third-order valence-electron chi connectivity index (χ3n) is 3.30. The zero-order valence-corrected chi connectivity index (χ0v) is 9.61. The normalized spacial score (nSPS) is 18.4. The van der Waals surface area contributed by atoms with E-state index in [-0.39, 0.29) is 0 Å². The van der Waals surface area contributed by atoms with Crippen LogP contribution >= 0.6 is 0 Å². The molecule has 5 heteroatoms. The van der Waals surface area contributed by atoms with Crippen molar-refractivity contribution in [3.63, 3.8) is 0 Å². The Morgan fingerprint density at radius 1 is 1.31 bits per heavy atom. The van der Waals surface area contributed by atoms with Crippen molar-refractivity contribution in [3.05, 3.63) is 12.4 Å².